The van der Waals surface area contributed by atoms with Crippen LogP contribution in [0, 0.1) is 0 Å². The molecule has 3 rings (SSSR count). The molecule has 1 amide bonds. The number of benzene rings is 2. The molecular weight excluding hydrogens is 270 g/mol. The molecule has 21 heavy (non-hydrogen) atoms. The van der Waals surface area contributed by atoms with E-state index in [-0.39, 0.29) is 11.3 Å². The van der Waals surface area contributed by atoms with E-state index in [9.17, 15) is 9.90 Å². The van der Waals surface area contributed by atoms with E-state index >= 15 is 0 Å². The number of nitrogens with zero attached hydrogens (tertiary/aromatic N) is 2. The highest BCUT2D eigenvalue weighted by Gasteiger charge is 2.09. The van der Waals surface area contributed by atoms with Crippen LogP contribution in [-0.4, -0.2) is 26.2 Å². The van der Waals surface area contributed by atoms with Crippen LogP contribution in [0.2, 0.25) is 0 Å². The number of hydrogen-bond donors (Lipinski definition) is 3. The molecule has 0 spiro atoms. The number of para-hydroxylation sites is 1. The van der Waals surface area contributed by atoms with Gasteiger partial charge >= 0.3 is 0 Å². The van der Waals surface area contributed by atoms with E-state index in [1.54, 1.807) is 48.1 Å². The number of aromatic nitrogens is 2. The summed E-state index contributed by atoms with van der Waals surface area (Å²) in [5.74, 6) is -0.512. The summed E-state index contributed by atoms with van der Waals surface area (Å²) >= 11 is 0. The lowest BCUT2D eigenvalue weighted by molar-refractivity contribution is 0.0706. The third-order valence-corrected chi connectivity index (χ3v) is 3.09. The van der Waals surface area contributed by atoms with Crippen molar-refractivity contribution in [3.8, 4) is 17.0 Å². The summed E-state index contributed by atoms with van der Waals surface area (Å²) in [7, 11) is 0. The van der Waals surface area contributed by atoms with Crippen LogP contribution in [0.1, 0.15) is 10.4 Å². The van der Waals surface area contributed by atoms with Crippen molar-refractivity contribution in [1.29, 1.82) is 0 Å². The smallest absolute Gasteiger partial charge is 0.274 e. The summed E-state index contributed by atoms with van der Waals surface area (Å²) in [6.07, 6.45) is 1.56. The quantitative estimate of drug-likeness (QED) is 0.494. The molecule has 0 radical (unpaired) electrons. The first-order chi connectivity index (χ1) is 10.2. The predicted molar refractivity (Wildman–Crippen MR) is 75.9 cm³/mol. The SMILES string of the molecule is O=C(NO)c1ccc2ncc(-c3ccccc3O)nc2c1. The van der Waals surface area contributed by atoms with E-state index in [1.807, 2.05) is 0 Å². The number of phenols is 1. The zero-order valence-corrected chi connectivity index (χ0v) is 10.8. The molecule has 0 unspecified atom stereocenters. The minimum atomic E-state index is -0.619. The molecule has 0 saturated carbocycles. The zero-order chi connectivity index (χ0) is 14.8. The highest BCUT2D eigenvalue weighted by molar-refractivity contribution is 5.96. The molecule has 1 aromatic heterocycles. The molecule has 6 nitrogen and oxygen atoms in total. The van der Waals surface area contributed by atoms with Crippen molar-refractivity contribution in [2.24, 2.45) is 0 Å². The molecule has 3 aromatic rings. The first-order valence-electron chi connectivity index (χ1n) is 6.18. The number of hydrogen-bond acceptors (Lipinski definition) is 5. The highest BCUT2D eigenvalue weighted by atomic mass is 16.5. The van der Waals surface area contributed by atoms with Crippen LogP contribution < -0.4 is 5.48 Å². The van der Waals surface area contributed by atoms with Crippen molar-refractivity contribution >= 4 is 16.9 Å². The average molecular weight is 281 g/mol. The summed E-state index contributed by atoms with van der Waals surface area (Å²) in [4.78, 5) is 20.1. The van der Waals surface area contributed by atoms with Crippen molar-refractivity contribution in [2.45, 2.75) is 0 Å². The number of carbonyl (C=O) groups excluding carboxylic acids is 1. The second-order valence-electron chi connectivity index (χ2n) is 4.42. The van der Waals surface area contributed by atoms with Crippen LogP contribution in [-0.2, 0) is 0 Å². The van der Waals surface area contributed by atoms with Crippen LogP contribution in [0.15, 0.2) is 48.7 Å². The van der Waals surface area contributed by atoms with Gasteiger partial charge in [0.15, 0.2) is 0 Å². The van der Waals surface area contributed by atoms with E-state index in [1.165, 1.54) is 6.07 Å². The lowest BCUT2D eigenvalue weighted by Crippen LogP contribution is -2.18. The van der Waals surface area contributed by atoms with Gasteiger partial charge in [-0.05, 0) is 30.3 Å². The predicted octanol–water partition coefficient (Wildman–Crippen LogP) is 2.12. The standard InChI is InChI=1S/C15H11N3O3/c19-14-4-2-1-3-10(14)13-8-16-11-6-5-9(15(20)18-21)7-12(11)17-13/h1-8,19,21H,(H,18,20). The van der Waals surface area contributed by atoms with Crippen LogP contribution in [0.5, 0.6) is 5.75 Å². The van der Waals surface area contributed by atoms with Gasteiger partial charge in [0.1, 0.15) is 5.75 Å². The van der Waals surface area contributed by atoms with Crippen LogP contribution in [0.3, 0.4) is 0 Å². The van der Waals surface area contributed by atoms with Crippen molar-refractivity contribution in [2.75, 3.05) is 0 Å². The Hall–Kier alpha value is -2.99. The number of fused-ring (bicyclic) bond motifs is 1. The van der Waals surface area contributed by atoms with E-state index < -0.39 is 5.91 Å². The van der Waals surface area contributed by atoms with Crippen molar-refractivity contribution in [3.05, 3.63) is 54.2 Å². The van der Waals surface area contributed by atoms with Crippen molar-refractivity contribution in [3.63, 3.8) is 0 Å². The van der Waals surface area contributed by atoms with E-state index in [4.69, 9.17) is 5.21 Å². The summed E-state index contributed by atoms with van der Waals surface area (Å²) < 4.78 is 0. The molecule has 0 fully saturated rings. The van der Waals surface area contributed by atoms with Gasteiger partial charge in [-0.2, -0.15) is 0 Å². The monoisotopic (exact) mass is 281 g/mol. The molecule has 2 aromatic carbocycles. The van der Waals surface area contributed by atoms with Gasteiger partial charge in [0.25, 0.3) is 5.91 Å². The Kier molecular flexibility index (Phi) is 3.21. The van der Waals surface area contributed by atoms with Gasteiger partial charge in [0, 0.05) is 11.1 Å². The Morgan fingerprint density at radius 1 is 1.10 bits per heavy atom. The largest absolute Gasteiger partial charge is 0.507 e. The molecule has 0 bridgehead atoms. The third kappa shape index (κ3) is 2.39. The normalized spacial score (nSPS) is 10.5. The number of rotatable bonds is 2. The number of nitrogens with one attached hydrogen (secondary N) is 1. The molecule has 6 heteroatoms. The van der Waals surface area contributed by atoms with Gasteiger partial charge in [-0.1, -0.05) is 12.1 Å². The lowest BCUT2D eigenvalue weighted by atomic mass is 10.1. The number of hydroxylamine groups is 1. The van der Waals surface area contributed by atoms with E-state index in [0.717, 1.165) is 0 Å². The summed E-state index contributed by atoms with van der Waals surface area (Å²) in [6, 6.07) is 11.5. The maximum absolute atomic E-state index is 11.4. The Labute approximate surface area is 119 Å². The number of amides is 1. The topological polar surface area (TPSA) is 95.3 Å². The molecular formula is C15H11N3O3. The van der Waals surface area contributed by atoms with Gasteiger partial charge in [-0.15, -0.1) is 0 Å². The van der Waals surface area contributed by atoms with Gasteiger partial charge in [0.05, 0.1) is 22.9 Å². The average Bonchev–Trinajstić information content (AvgIpc) is 2.53. The van der Waals surface area contributed by atoms with E-state index in [0.29, 0.717) is 22.3 Å². The molecule has 104 valence electrons. The maximum atomic E-state index is 11.4. The zero-order valence-electron chi connectivity index (χ0n) is 10.8. The Morgan fingerprint density at radius 2 is 1.90 bits per heavy atom. The van der Waals surface area contributed by atoms with Gasteiger partial charge in [0.2, 0.25) is 0 Å². The Morgan fingerprint density at radius 3 is 2.67 bits per heavy atom. The molecule has 1 heterocycles. The van der Waals surface area contributed by atoms with Gasteiger partial charge in [-0.3, -0.25) is 15.0 Å². The third-order valence-electron chi connectivity index (χ3n) is 3.09. The van der Waals surface area contributed by atoms with Gasteiger partial charge < -0.3 is 5.11 Å². The number of aromatic hydroxyl groups is 1. The Bertz CT molecular complexity index is 833. The van der Waals surface area contributed by atoms with Crippen molar-refractivity contribution < 1.29 is 15.1 Å². The van der Waals surface area contributed by atoms with E-state index in [2.05, 4.69) is 9.97 Å². The lowest BCUT2D eigenvalue weighted by Gasteiger charge is -2.05. The molecule has 0 saturated heterocycles. The second-order valence-corrected chi connectivity index (χ2v) is 4.42. The summed E-state index contributed by atoms with van der Waals surface area (Å²) in [5.41, 5.74) is 4.02. The second kappa shape index (κ2) is 5.18. The Balaban J connectivity index is 2.14. The molecule has 0 aliphatic heterocycles. The van der Waals surface area contributed by atoms with Crippen molar-refractivity contribution in [1.82, 2.24) is 15.4 Å². The fourth-order valence-electron chi connectivity index (χ4n) is 2.04. The minimum absolute atomic E-state index is 0.107. The van der Waals surface area contributed by atoms with Crippen LogP contribution in [0.25, 0.3) is 22.3 Å². The first-order valence-corrected chi connectivity index (χ1v) is 6.18. The maximum Gasteiger partial charge on any atom is 0.274 e. The molecule has 0 aliphatic carbocycles. The van der Waals surface area contributed by atoms with Crippen LogP contribution in [0.4, 0.5) is 0 Å². The summed E-state index contributed by atoms with van der Waals surface area (Å²) in [6.45, 7) is 0. The molecule has 0 atom stereocenters. The highest BCUT2D eigenvalue weighted by Crippen LogP contribution is 2.27. The molecule has 0 aliphatic rings. The molecule has 3 N–H and O–H groups in total. The summed E-state index contributed by atoms with van der Waals surface area (Å²) in [5, 5.41) is 18.5. The minimum Gasteiger partial charge on any atom is -0.507 e. The van der Waals surface area contributed by atoms with Crippen LogP contribution >= 0.6 is 0 Å². The fourth-order valence-corrected chi connectivity index (χ4v) is 2.04. The fraction of sp³-hybridized carbons (Fsp3) is 0. The first kappa shape index (κ1) is 13.0. The van der Waals surface area contributed by atoms with Gasteiger partial charge in [-0.25, -0.2) is 10.5 Å². The number of phenolic OH excluding ortho intramolecular Hbond substituents is 1. The number of carbonyl (C=O) groups is 1.